The summed E-state index contributed by atoms with van der Waals surface area (Å²) in [5.41, 5.74) is 0. The molecule has 1 N–H and O–H groups in total. The average molecular weight is 224 g/mol. The van der Waals surface area contributed by atoms with Crippen LogP contribution in [0, 0.1) is 5.92 Å². The highest BCUT2D eigenvalue weighted by atomic mass is 15.2. The molecule has 0 aromatic heterocycles. The normalized spacial score (nSPS) is 24.9. The first-order valence-corrected chi connectivity index (χ1v) is 7.25. The SMILES string of the molecule is CCNC(CN(C)C1CCCCC1)C1CC1. The molecule has 1 unspecified atom stereocenters. The maximum atomic E-state index is 3.67. The van der Waals surface area contributed by atoms with Crippen LogP contribution in [0.4, 0.5) is 0 Å². The maximum Gasteiger partial charge on any atom is 0.0223 e. The lowest BCUT2D eigenvalue weighted by atomic mass is 9.94. The highest BCUT2D eigenvalue weighted by Gasteiger charge is 2.32. The van der Waals surface area contributed by atoms with Gasteiger partial charge in [0, 0.05) is 18.6 Å². The smallest absolute Gasteiger partial charge is 0.0223 e. The number of likely N-dealkylation sites (N-methyl/N-ethyl adjacent to an activating group) is 2. The largest absolute Gasteiger partial charge is 0.313 e. The van der Waals surface area contributed by atoms with Crippen LogP contribution in [0.2, 0.25) is 0 Å². The predicted molar refractivity (Wildman–Crippen MR) is 69.7 cm³/mol. The molecule has 0 amide bonds. The summed E-state index contributed by atoms with van der Waals surface area (Å²) in [6, 6.07) is 1.63. The minimum absolute atomic E-state index is 0.761. The standard InChI is InChI=1S/C14H28N2/c1-3-15-14(12-9-10-12)11-16(2)13-7-5-4-6-8-13/h12-15H,3-11H2,1-2H3. The van der Waals surface area contributed by atoms with E-state index in [-0.39, 0.29) is 0 Å². The van der Waals surface area contributed by atoms with E-state index in [1.165, 1.54) is 51.5 Å². The second kappa shape index (κ2) is 6.02. The maximum absolute atomic E-state index is 3.67. The highest BCUT2D eigenvalue weighted by molar-refractivity contribution is 4.89. The van der Waals surface area contributed by atoms with Crippen molar-refractivity contribution in [3.63, 3.8) is 0 Å². The van der Waals surface area contributed by atoms with Gasteiger partial charge < -0.3 is 10.2 Å². The Balaban J connectivity index is 1.76. The molecule has 2 saturated carbocycles. The molecule has 2 rings (SSSR count). The number of hydrogen-bond donors (Lipinski definition) is 1. The van der Waals surface area contributed by atoms with Crippen molar-refractivity contribution in [2.45, 2.75) is 64.0 Å². The molecule has 0 bridgehead atoms. The van der Waals surface area contributed by atoms with Gasteiger partial charge in [-0.3, -0.25) is 0 Å². The third-order valence-electron chi connectivity index (χ3n) is 4.34. The van der Waals surface area contributed by atoms with E-state index in [9.17, 15) is 0 Å². The van der Waals surface area contributed by atoms with Gasteiger partial charge >= 0.3 is 0 Å². The van der Waals surface area contributed by atoms with Crippen molar-refractivity contribution < 1.29 is 0 Å². The summed E-state index contributed by atoms with van der Waals surface area (Å²) < 4.78 is 0. The monoisotopic (exact) mass is 224 g/mol. The molecule has 2 aliphatic rings. The molecule has 94 valence electrons. The van der Waals surface area contributed by atoms with E-state index < -0.39 is 0 Å². The molecular weight excluding hydrogens is 196 g/mol. The molecule has 0 aromatic carbocycles. The van der Waals surface area contributed by atoms with Crippen LogP contribution in [0.5, 0.6) is 0 Å². The fraction of sp³-hybridized carbons (Fsp3) is 1.00. The second-order valence-electron chi connectivity index (χ2n) is 5.73. The fourth-order valence-electron chi connectivity index (χ4n) is 3.12. The van der Waals surface area contributed by atoms with Crippen LogP contribution in [-0.2, 0) is 0 Å². The van der Waals surface area contributed by atoms with Gasteiger partial charge in [0.15, 0.2) is 0 Å². The van der Waals surface area contributed by atoms with E-state index in [1.807, 2.05) is 0 Å². The van der Waals surface area contributed by atoms with Crippen molar-refractivity contribution >= 4 is 0 Å². The fourth-order valence-corrected chi connectivity index (χ4v) is 3.12. The zero-order valence-electron chi connectivity index (χ0n) is 11.0. The Kier molecular flexibility index (Phi) is 4.66. The van der Waals surface area contributed by atoms with Crippen LogP contribution in [0.3, 0.4) is 0 Å². The molecule has 2 fully saturated rings. The number of hydrogen-bond acceptors (Lipinski definition) is 2. The van der Waals surface area contributed by atoms with Crippen LogP contribution in [0.25, 0.3) is 0 Å². The van der Waals surface area contributed by atoms with Crippen LogP contribution in [0.15, 0.2) is 0 Å². The van der Waals surface area contributed by atoms with Gasteiger partial charge in [-0.05, 0) is 45.2 Å². The van der Waals surface area contributed by atoms with E-state index >= 15 is 0 Å². The molecule has 0 heterocycles. The Morgan fingerprint density at radius 1 is 1.12 bits per heavy atom. The molecule has 0 aromatic rings. The van der Waals surface area contributed by atoms with Gasteiger partial charge in [-0.25, -0.2) is 0 Å². The average Bonchev–Trinajstić information content (AvgIpc) is 3.13. The van der Waals surface area contributed by atoms with Gasteiger partial charge in [0.2, 0.25) is 0 Å². The van der Waals surface area contributed by atoms with Crippen LogP contribution in [0.1, 0.15) is 51.9 Å². The zero-order valence-corrected chi connectivity index (χ0v) is 11.0. The quantitative estimate of drug-likeness (QED) is 0.746. The number of nitrogens with one attached hydrogen (secondary N) is 1. The summed E-state index contributed by atoms with van der Waals surface area (Å²) in [7, 11) is 2.34. The van der Waals surface area contributed by atoms with Gasteiger partial charge in [-0.1, -0.05) is 26.2 Å². The predicted octanol–water partition coefficient (Wildman–Crippen LogP) is 2.64. The molecule has 1 atom stereocenters. The Morgan fingerprint density at radius 2 is 1.81 bits per heavy atom. The topological polar surface area (TPSA) is 15.3 Å². The first-order chi connectivity index (χ1) is 7.81. The lowest BCUT2D eigenvalue weighted by Gasteiger charge is -2.34. The lowest BCUT2D eigenvalue weighted by molar-refractivity contribution is 0.169. The molecule has 2 nitrogen and oxygen atoms in total. The van der Waals surface area contributed by atoms with Gasteiger partial charge in [0.1, 0.15) is 0 Å². The molecule has 0 aliphatic heterocycles. The molecule has 0 radical (unpaired) electrons. The molecular formula is C14H28N2. The van der Waals surface area contributed by atoms with Gasteiger partial charge in [-0.2, -0.15) is 0 Å². The molecule has 2 aliphatic carbocycles. The summed E-state index contributed by atoms with van der Waals surface area (Å²) in [4.78, 5) is 2.63. The first-order valence-electron chi connectivity index (χ1n) is 7.25. The zero-order chi connectivity index (χ0) is 11.4. The van der Waals surface area contributed by atoms with Crippen LogP contribution in [-0.4, -0.2) is 37.1 Å². The Hall–Kier alpha value is -0.0800. The van der Waals surface area contributed by atoms with Crippen molar-refractivity contribution in [3.05, 3.63) is 0 Å². The second-order valence-corrected chi connectivity index (χ2v) is 5.73. The third kappa shape index (κ3) is 3.46. The summed E-state index contributed by atoms with van der Waals surface area (Å²) in [6.45, 7) is 4.62. The lowest BCUT2D eigenvalue weighted by Crippen LogP contribution is -2.45. The summed E-state index contributed by atoms with van der Waals surface area (Å²) in [5, 5.41) is 3.67. The minimum Gasteiger partial charge on any atom is -0.313 e. The first kappa shape index (κ1) is 12.4. The summed E-state index contributed by atoms with van der Waals surface area (Å²) >= 11 is 0. The molecule has 0 saturated heterocycles. The highest BCUT2D eigenvalue weighted by Crippen LogP contribution is 2.33. The van der Waals surface area contributed by atoms with Gasteiger partial charge in [0.05, 0.1) is 0 Å². The van der Waals surface area contributed by atoms with E-state index in [0.717, 1.165) is 24.5 Å². The number of rotatable bonds is 6. The van der Waals surface area contributed by atoms with E-state index in [1.54, 1.807) is 0 Å². The Labute approximate surface area is 101 Å². The molecule has 16 heavy (non-hydrogen) atoms. The van der Waals surface area contributed by atoms with Crippen molar-refractivity contribution in [3.8, 4) is 0 Å². The number of nitrogens with zero attached hydrogens (tertiary/aromatic N) is 1. The van der Waals surface area contributed by atoms with Crippen molar-refractivity contribution in [1.29, 1.82) is 0 Å². The molecule has 2 heteroatoms. The third-order valence-corrected chi connectivity index (χ3v) is 4.34. The van der Waals surface area contributed by atoms with Crippen LogP contribution < -0.4 is 5.32 Å². The molecule has 0 spiro atoms. The summed E-state index contributed by atoms with van der Waals surface area (Å²) in [5.74, 6) is 0.978. The van der Waals surface area contributed by atoms with Gasteiger partial charge in [-0.15, -0.1) is 0 Å². The Bertz CT molecular complexity index is 195. The van der Waals surface area contributed by atoms with Crippen molar-refractivity contribution in [2.24, 2.45) is 5.92 Å². The van der Waals surface area contributed by atoms with E-state index in [0.29, 0.717) is 0 Å². The minimum atomic E-state index is 0.761. The van der Waals surface area contributed by atoms with E-state index in [4.69, 9.17) is 0 Å². The van der Waals surface area contributed by atoms with Crippen LogP contribution >= 0.6 is 0 Å². The van der Waals surface area contributed by atoms with E-state index in [2.05, 4.69) is 24.2 Å². The van der Waals surface area contributed by atoms with Gasteiger partial charge in [0.25, 0.3) is 0 Å². The van der Waals surface area contributed by atoms with Crippen molar-refractivity contribution in [2.75, 3.05) is 20.1 Å². The van der Waals surface area contributed by atoms with Crippen molar-refractivity contribution in [1.82, 2.24) is 10.2 Å². The summed E-state index contributed by atoms with van der Waals surface area (Å²) in [6.07, 6.45) is 10.1. The Morgan fingerprint density at radius 3 is 2.38 bits per heavy atom.